The van der Waals surface area contributed by atoms with Crippen LogP contribution in [0, 0.1) is 5.92 Å². The fourth-order valence-electron chi connectivity index (χ4n) is 1.42. The summed E-state index contributed by atoms with van der Waals surface area (Å²) in [6.07, 6.45) is 1.49. The monoisotopic (exact) mass is 199 g/mol. The second-order valence-electron chi connectivity index (χ2n) is 3.13. The van der Waals surface area contributed by atoms with Gasteiger partial charge in [0.25, 0.3) is 0 Å². The molecule has 1 aliphatic carbocycles. The highest BCUT2D eigenvalue weighted by Crippen LogP contribution is 2.45. The average molecular weight is 199 g/mol. The molecular weight excluding hydrogens is 186 g/mol. The summed E-state index contributed by atoms with van der Waals surface area (Å²) in [6, 6.07) is 0. The van der Waals surface area contributed by atoms with Gasteiger partial charge in [0.2, 0.25) is 0 Å². The van der Waals surface area contributed by atoms with Crippen molar-refractivity contribution >= 4 is 12.1 Å². The van der Waals surface area contributed by atoms with Crippen LogP contribution in [-0.4, -0.2) is 31.8 Å². The van der Waals surface area contributed by atoms with Crippen LogP contribution in [0.3, 0.4) is 0 Å². The Labute approximate surface area is 82.1 Å². The van der Waals surface area contributed by atoms with Gasteiger partial charge >= 0.3 is 12.1 Å². The first-order valence-corrected chi connectivity index (χ1v) is 4.18. The van der Waals surface area contributed by atoms with Crippen LogP contribution in [-0.2, 0) is 14.3 Å². The summed E-state index contributed by atoms with van der Waals surface area (Å²) in [4.78, 5) is 22.4. The number of nitrogens with one attached hydrogen (secondary N) is 1. The van der Waals surface area contributed by atoms with Crippen molar-refractivity contribution in [1.82, 2.24) is 5.32 Å². The summed E-state index contributed by atoms with van der Waals surface area (Å²) in [7, 11) is 2.52. The first-order chi connectivity index (χ1) is 6.60. The molecule has 1 rings (SSSR count). The third-order valence-electron chi connectivity index (χ3n) is 2.36. The van der Waals surface area contributed by atoms with E-state index >= 15 is 0 Å². The van der Waals surface area contributed by atoms with Crippen molar-refractivity contribution in [3.63, 3.8) is 0 Å². The fourth-order valence-corrected chi connectivity index (χ4v) is 1.42. The Morgan fingerprint density at radius 2 is 2.14 bits per heavy atom. The molecule has 0 aromatic heterocycles. The Morgan fingerprint density at radius 1 is 1.50 bits per heavy atom. The van der Waals surface area contributed by atoms with Crippen LogP contribution in [0.2, 0.25) is 0 Å². The van der Waals surface area contributed by atoms with E-state index in [0.29, 0.717) is 6.42 Å². The van der Waals surface area contributed by atoms with Crippen molar-refractivity contribution in [1.29, 1.82) is 0 Å². The third-order valence-corrected chi connectivity index (χ3v) is 2.36. The van der Waals surface area contributed by atoms with Crippen LogP contribution in [0.5, 0.6) is 0 Å². The smallest absolute Gasteiger partial charge is 0.407 e. The Kier molecular flexibility index (Phi) is 2.78. The lowest BCUT2D eigenvalue weighted by atomic mass is 10.2. The van der Waals surface area contributed by atoms with E-state index in [1.165, 1.54) is 14.2 Å². The second-order valence-corrected chi connectivity index (χ2v) is 3.13. The highest BCUT2D eigenvalue weighted by atomic mass is 16.5. The molecule has 0 bridgehead atoms. The Bertz CT molecular complexity index is 276. The van der Waals surface area contributed by atoms with Crippen molar-refractivity contribution in [2.45, 2.75) is 12.0 Å². The predicted molar refractivity (Wildman–Crippen MR) is 48.6 cm³/mol. The minimum atomic E-state index is -0.955. The SMILES string of the molecule is C=C[C@@H]1C[C@]1(NC(=O)OC)C(=O)OC. The molecule has 1 aliphatic rings. The van der Waals surface area contributed by atoms with Crippen LogP contribution >= 0.6 is 0 Å². The number of carbonyl (C=O) groups excluding carboxylic acids is 2. The van der Waals surface area contributed by atoms with Gasteiger partial charge in [-0.05, 0) is 6.42 Å². The molecule has 1 N–H and O–H groups in total. The van der Waals surface area contributed by atoms with E-state index in [9.17, 15) is 9.59 Å². The van der Waals surface area contributed by atoms with Gasteiger partial charge in [0.1, 0.15) is 5.54 Å². The third kappa shape index (κ3) is 1.57. The second kappa shape index (κ2) is 3.69. The molecule has 2 atom stereocenters. The summed E-state index contributed by atoms with van der Waals surface area (Å²) in [5.74, 6) is -0.540. The van der Waals surface area contributed by atoms with Crippen molar-refractivity contribution < 1.29 is 19.1 Å². The quantitative estimate of drug-likeness (QED) is 0.529. The number of rotatable bonds is 3. The molecular formula is C9H13NO4. The first kappa shape index (κ1) is 10.6. The number of alkyl carbamates (subject to hydrolysis) is 1. The Hall–Kier alpha value is -1.52. The lowest BCUT2D eigenvalue weighted by molar-refractivity contribution is -0.144. The molecule has 0 spiro atoms. The van der Waals surface area contributed by atoms with Gasteiger partial charge in [0.15, 0.2) is 0 Å². The molecule has 78 valence electrons. The molecule has 0 radical (unpaired) electrons. The number of amides is 1. The maximum atomic E-state index is 11.4. The molecule has 14 heavy (non-hydrogen) atoms. The molecule has 0 unspecified atom stereocenters. The van der Waals surface area contributed by atoms with Crippen LogP contribution in [0.15, 0.2) is 12.7 Å². The zero-order chi connectivity index (χ0) is 10.8. The van der Waals surface area contributed by atoms with E-state index in [4.69, 9.17) is 0 Å². The molecule has 1 fully saturated rings. The van der Waals surface area contributed by atoms with Gasteiger partial charge < -0.3 is 14.8 Å². The van der Waals surface area contributed by atoms with Crippen molar-refractivity contribution in [2.75, 3.05) is 14.2 Å². The summed E-state index contributed by atoms with van der Waals surface area (Å²) in [6.45, 7) is 3.57. The molecule has 5 heteroatoms. The standard InChI is InChI=1S/C9H13NO4/c1-4-6-5-9(6,7(11)13-2)10-8(12)14-3/h4,6H,1,5H2,2-3H3,(H,10,12)/t6-,9-/m1/s1. The highest BCUT2D eigenvalue weighted by molar-refractivity contribution is 5.90. The Morgan fingerprint density at radius 3 is 2.50 bits per heavy atom. The van der Waals surface area contributed by atoms with E-state index in [0.717, 1.165) is 0 Å². The van der Waals surface area contributed by atoms with Gasteiger partial charge in [-0.2, -0.15) is 0 Å². The van der Waals surface area contributed by atoms with Crippen molar-refractivity contribution in [2.24, 2.45) is 5.92 Å². The summed E-state index contributed by atoms with van der Waals surface area (Å²) in [5.41, 5.74) is -0.955. The van der Waals surface area contributed by atoms with E-state index in [1.54, 1.807) is 6.08 Å². The minimum absolute atomic E-state index is 0.0750. The maximum Gasteiger partial charge on any atom is 0.407 e. The van der Waals surface area contributed by atoms with E-state index in [2.05, 4.69) is 21.4 Å². The number of methoxy groups -OCH3 is 2. The molecule has 0 heterocycles. The number of hydrogen-bond acceptors (Lipinski definition) is 4. The van der Waals surface area contributed by atoms with E-state index in [1.807, 2.05) is 0 Å². The summed E-state index contributed by atoms with van der Waals surface area (Å²) in [5, 5.41) is 2.46. The summed E-state index contributed by atoms with van der Waals surface area (Å²) < 4.78 is 9.02. The predicted octanol–water partition coefficient (Wildman–Crippen LogP) is 0.460. The molecule has 1 amide bonds. The Balaban J connectivity index is 2.71. The average Bonchev–Trinajstić information content (AvgIpc) is 2.91. The van der Waals surface area contributed by atoms with Gasteiger partial charge in [-0.15, -0.1) is 6.58 Å². The minimum Gasteiger partial charge on any atom is -0.467 e. The molecule has 0 saturated heterocycles. The van der Waals surface area contributed by atoms with E-state index in [-0.39, 0.29) is 5.92 Å². The lowest BCUT2D eigenvalue weighted by Crippen LogP contribution is -2.45. The van der Waals surface area contributed by atoms with Gasteiger partial charge in [-0.3, -0.25) is 0 Å². The molecule has 5 nitrogen and oxygen atoms in total. The molecule has 1 saturated carbocycles. The van der Waals surface area contributed by atoms with Crippen LogP contribution in [0.1, 0.15) is 6.42 Å². The van der Waals surface area contributed by atoms with Crippen LogP contribution in [0.4, 0.5) is 4.79 Å². The van der Waals surface area contributed by atoms with Crippen molar-refractivity contribution in [3.05, 3.63) is 12.7 Å². The van der Waals surface area contributed by atoms with Crippen molar-refractivity contribution in [3.8, 4) is 0 Å². The van der Waals surface area contributed by atoms with Crippen LogP contribution < -0.4 is 5.32 Å². The highest BCUT2D eigenvalue weighted by Gasteiger charge is 2.61. The van der Waals surface area contributed by atoms with Gasteiger partial charge in [0, 0.05) is 5.92 Å². The topological polar surface area (TPSA) is 64.6 Å². The molecule has 0 aliphatic heterocycles. The van der Waals surface area contributed by atoms with Gasteiger partial charge in [-0.25, -0.2) is 9.59 Å². The molecule has 0 aromatic carbocycles. The number of hydrogen-bond donors (Lipinski definition) is 1. The van der Waals surface area contributed by atoms with Crippen LogP contribution in [0.25, 0.3) is 0 Å². The number of ether oxygens (including phenoxy) is 2. The maximum absolute atomic E-state index is 11.4. The van der Waals surface area contributed by atoms with Gasteiger partial charge in [-0.1, -0.05) is 6.08 Å². The largest absolute Gasteiger partial charge is 0.467 e. The number of esters is 1. The van der Waals surface area contributed by atoms with E-state index < -0.39 is 17.6 Å². The zero-order valence-electron chi connectivity index (χ0n) is 8.20. The summed E-state index contributed by atoms with van der Waals surface area (Å²) >= 11 is 0. The number of carbonyl (C=O) groups is 2. The normalized spacial score (nSPS) is 28.9. The fraction of sp³-hybridized carbons (Fsp3) is 0.556. The zero-order valence-corrected chi connectivity index (χ0v) is 8.20. The lowest BCUT2D eigenvalue weighted by Gasteiger charge is -2.14. The first-order valence-electron chi connectivity index (χ1n) is 4.18. The van der Waals surface area contributed by atoms with Gasteiger partial charge in [0.05, 0.1) is 14.2 Å². The molecule has 0 aromatic rings.